The lowest BCUT2D eigenvalue weighted by molar-refractivity contribution is -0.0609. The average Bonchev–Trinajstić information content (AvgIpc) is 2.66. The zero-order valence-corrected chi connectivity index (χ0v) is 11.9. The van der Waals surface area contributed by atoms with Crippen molar-refractivity contribution in [3.8, 4) is 0 Å². The summed E-state index contributed by atoms with van der Waals surface area (Å²) in [6.07, 6.45) is -1.38. The molecule has 2 rings (SSSR count). The van der Waals surface area contributed by atoms with Crippen LogP contribution < -0.4 is 5.32 Å². The third-order valence-electron chi connectivity index (χ3n) is 3.29. The second kappa shape index (κ2) is 6.88. The van der Waals surface area contributed by atoms with E-state index in [1.807, 2.05) is 6.07 Å². The highest BCUT2D eigenvalue weighted by atomic mass is 35.5. The molecule has 0 amide bonds. The Kier molecular flexibility index (Phi) is 5.45. The maximum atomic E-state index is 9.90. The highest BCUT2D eigenvalue weighted by Gasteiger charge is 2.31. The van der Waals surface area contributed by atoms with Crippen molar-refractivity contribution in [3.63, 3.8) is 0 Å². The molecule has 19 heavy (non-hydrogen) atoms. The molecule has 0 aliphatic carbocycles. The van der Waals surface area contributed by atoms with Gasteiger partial charge in [0, 0.05) is 19.0 Å². The summed E-state index contributed by atoms with van der Waals surface area (Å²) >= 11 is 11.9. The number of halogens is 2. The van der Waals surface area contributed by atoms with Gasteiger partial charge >= 0.3 is 0 Å². The zero-order valence-electron chi connectivity index (χ0n) is 10.4. The molecule has 1 fully saturated rings. The van der Waals surface area contributed by atoms with Gasteiger partial charge in [-0.05, 0) is 17.7 Å². The van der Waals surface area contributed by atoms with Crippen LogP contribution in [0.15, 0.2) is 18.2 Å². The summed E-state index contributed by atoms with van der Waals surface area (Å²) < 4.78 is 5.64. The maximum absolute atomic E-state index is 9.90. The van der Waals surface area contributed by atoms with Gasteiger partial charge in [-0.25, -0.2) is 0 Å². The maximum Gasteiger partial charge on any atom is 0.104 e. The third-order valence-corrected chi connectivity index (χ3v) is 4.03. The van der Waals surface area contributed by atoms with Gasteiger partial charge in [0.2, 0.25) is 0 Å². The number of hydrogen-bond acceptors (Lipinski definition) is 4. The van der Waals surface area contributed by atoms with Crippen LogP contribution in [0.5, 0.6) is 0 Å². The fourth-order valence-corrected chi connectivity index (χ4v) is 2.60. The molecule has 1 aromatic carbocycles. The van der Waals surface area contributed by atoms with Gasteiger partial charge in [-0.2, -0.15) is 0 Å². The molecule has 1 saturated heterocycles. The molecule has 1 aliphatic rings. The molecule has 0 radical (unpaired) electrons. The van der Waals surface area contributed by atoms with E-state index in [9.17, 15) is 5.11 Å². The Morgan fingerprint density at radius 2 is 2.16 bits per heavy atom. The van der Waals surface area contributed by atoms with Gasteiger partial charge in [0.1, 0.15) is 6.10 Å². The van der Waals surface area contributed by atoms with E-state index in [2.05, 4.69) is 5.32 Å². The normalized spacial score (nSPS) is 25.9. The predicted molar refractivity (Wildman–Crippen MR) is 74.9 cm³/mol. The van der Waals surface area contributed by atoms with Crippen LogP contribution >= 0.6 is 23.2 Å². The number of nitrogens with one attached hydrogen (secondary N) is 1. The van der Waals surface area contributed by atoms with Gasteiger partial charge in [-0.1, -0.05) is 29.3 Å². The summed E-state index contributed by atoms with van der Waals surface area (Å²) in [6, 6.07) is 5.38. The Labute approximate surface area is 122 Å². The van der Waals surface area contributed by atoms with Gasteiger partial charge in [-0.15, -0.1) is 0 Å². The second-order valence-electron chi connectivity index (χ2n) is 4.57. The minimum Gasteiger partial charge on any atom is -0.394 e. The van der Waals surface area contributed by atoms with Crippen molar-refractivity contribution >= 4 is 23.2 Å². The molecule has 0 aromatic heterocycles. The van der Waals surface area contributed by atoms with E-state index in [-0.39, 0.29) is 12.5 Å². The Morgan fingerprint density at radius 3 is 2.84 bits per heavy atom. The number of aliphatic hydroxyl groups excluding tert-OH is 2. The van der Waals surface area contributed by atoms with Crippen molar-refractivity contribution in [2.45, 2.75) is 18.1 Å². The van der Waals surface area contributed by atoms with Gasteiger partial charge in [0.15, 0.2) is 0 Å². The Bertz CT molecular complexity index is 430. The summed E-state index contributed by atoms with van der Waals surface area (Å²) in [4.78, 5) is 0. The van der Waals surface area contributed by atoms with Gasteiger partial charge < -0.3 is 20.3 Å². The van der Waals surface area contributed by atoms with Crippen molar-refractivity contribution < 1.29 is 14.9 Å². The van der Waals surface area contributed by atoms with Crippen molar-refractivity contribution in [2.24, 2.45) is 0 Å². The molecule has 3 atom stereocenters. The number of aliphatic hydroxyl groups is 2. The van der Waals surface area contributed by atoms with E-state index >= 15 is 0 Å². The summed E-state index contributed by atoms with van der Waals surface area (Å²) in [5.74, 6) is -0.0839. The fraction of sp³-hybridized carbons (Fsp3) is 0.538. The van der Waals surface area contributed by atoms with Crippen LogP contribution in [-0.4, -0.2) is 48.7 Å². The molecule has 3 N–H and O–H groups in total. The molecule has 1 heterocycles. The fourth-order valence-electron chi connectivity index (χ4n) is 2.29. The average molecular weight is 306 g/mol. The van der Waals surface area contributed by atoms with Crippen LogP contribution in [0.4, 0.5) is 0 Å². The van der Waals surface area contributed by atoms with Crippen LogP contribution in [0.1, 0.15) is 11.5 Å². The monoisotopic (exact) mass is 305 g/mol. The molecule has 0 spiro atoms. The summed E-state index contributed by atoms with van der Waals surface area (Å²) in [5, 5.41) is 23.3. The Balaban J connectivity index is 2.28. The molecule has 1 aliphatic heterocycles. The molecule has 0 unspecified atom stereocenters. The number of ether oxygens (including phenoxy) is 1. The Hall–Kier alpha value is -0.360. The third kappa shape index (κ3) is 3.60. The van der Waals surface area contributed by atoms with Crippen LogP contribution in [0.3, 0.4) is 0 Å². The molecule has 1 aromatic rings. The first-order chi connectivity index (χ1) is 9.13. The molecular weight excluding hydrogens is 289 g/mol. The van der Waals surface area contributed by atoms with Gasteiger partial charge in [-0.3, -0.25) is 0 Å². The molecule has 0 saturated carbocycles. The lowest BCUT2D eigenvalue weighted by Gasteiger charge is -2.28. The van der Waals surface area contributed by atoms with Gasteiger partial charge in [0.05, 0.1) is 29.4 Å². The van der Waals surface area contributed by atoms with E-state index in [0.717, 1.165) is 5.56 Å². The first-order valence-electron chi connectivity index (χ1n) is 6.19. The van der Waals surface area contributed by atoms with E-state index in [1.165, 1.54) is 0 Å². The van der Waals surface area contributed by atoms with E-state index < -0.39 is 12.2 Å². The largest absolute Gasteiger partial charge is 0.394 e. The van der Waals surface area contributed by atoms with Gasteiger partial charge in [0.25, 0.3) is 0 Å². The van der Waals surface area contributed by atoms with E-state index in [4.69, 9.17) is 33.0 Å². The lowest BCUT2D eigenvalue weighted by atomic mass is 9.90. The lowest BCUT2D eigenvalue weighted by Crippen LogP contribution is -2.38. The smallest absolute Gasteiger partial charge is 0.104 e. The Morgan fingerprint density at radius 1 is 1.37 bits per heavy atom. The van der Waals surface area contributed by atoms with Crippen molar-refractivity contribution in [1.82, 2.24) is 5.32 Å². The van der Waals surface area contributed by atoms with Crippen molar-refractivity contribution in [2.75, 3.05) is 26.3 Å². The molecule has 0 bridgehead atoms. The summed E-state index contributed by atoms with van der Waals surface area (Å²) in [5.41, 5.74) is 0.932. The highest BCUT2D eigenvalue weighted by Crippen LogP contribution is 2.30. The summed E-state index contributed by atoms with van der Waals surface area (Å²) in [6.45, 7) is 1.54. The van der Waals surface area contributed by atoms with Crippen LogP contribution in [0, 0.1) is 0 Å². The molecule has 6 heteroatoms. The minimum atomic E-state index is -0.917. The SMILES string of the molecule is OC[C@H](O)[C@@H]1OCCNC[C@@H]1c1ccc(Cl)c(Cl)c1. The van der Waals surface area contributed by atoms with Crippen LogP contribution in [-0.2, 0) is 4.74 Å². The highest BCUT2D eigenvalue weighted by molar-refractivity contribution is 6.42. The first kappa shape index (κ1) is 15.0. The van der Waals surface area contributed by atoms with Crippen molar-refractivity contribution in [3.05, 3.63) is 33.8 Å². The zero-order chi connectivity index (χ0) is 13.8. The molecule has 4 nitrogen and oxygen atoms in total. The number of hydrogen-bond donors (Lipinski definition) is 3. The topological polar surface area (TPSA) is 61.7 Å². The second-order valence-corrected chi connectivity index (χ2v) is 5.38. The number of rotatable bonds is 3. The predicted octanol–water partition coefficient (Wildman–Crippen LogP) is 1.42. The first-order valence-corrected chi connectivity index (χ1v) is 6.95. The minimum absolute atomic E-state index is 0.0839. The van der Waals surface area contributed by atoms with Crippen molar-refractivity contribution in [1.29, 1.82) is 0 Å². The standard InChI is InChI=1S/C13H17Cl2NO3/c14-10-2-1-8(5-11(10)15)9-6-16-3-4-19-13(9)12(18)7-17/h1-2,5,9,12-13,16-18H,3-4,6-7H2/t9-,12+,13-/m1/s1. The quantitative estimate of drug-likeness (QED) is 0.790. The van der Waals surface area contributed by atoms with Crippen LogP contribution in [0.2, 0.25) is 10.0 Å². The number of benzene rings is 1. The summed E-state index contributed by atoms with van der Waals surface area (Å²) in [7, 11) is 0. The van der Waals surface area contributed by atoms with Crippen LogP contribution in [0.25, 0.3) is 0 Å². The molecule has 106 valence electrons. The van der Waals surface area contributed by atoms with E-state index in [1.54, 1.807) is 12.1 Å². The van der Waals surface area contributed by atoms with E-state index in [0.29, 0.717) is 29.7 Å². The molecular formula is C13H17Cl2NO3.